The van der Waals surface area contributed by atoms with Crippen LogP contribution in [0.5, 0.6) is 0 Å². The summed E-state index contributed by atoms with van der Waals surface area (Å²) >= 11 is 0. The lowest BCUT2D eigenvalue weighted by Gasteiger charge is -2.14. The van der Waals surface area contributed by atoms with Gasteiger partial charge in [-0.15, -0.1) is 0 Å². The third kappa shape index (κ3) is 3.37. The third-order valence-electron chi connectivity index (χ3n) is 2.30. The standard InChI is InChI=1S/C12H17NO.C2H6/c1-4-7-11-10(6-3)9-13(8-5-2)12(11)14;1-2/h4,6-7H,3,5,8-9H2,1-2H3;1-2H3/b7-4-;. The number of carbonyl (C=O) groups excluding carboxylic acids is 1. The summed E-state index contributed by atoms with van der Waals surface area (Å²) in [7, 11) is 0. The molecule has 90 valence electrons. The Morgan fingerprint density at radius 2 is 2.06 bits per heavy atom. The zero-order valence-electron chi connectivity index (χ0n) is 10.9. The van der Waals surface area contributed by atoms with Gasteiger partial charge in [-0.05, 0) is 18.9 Å². The van der Waals surface area contributed by atoms with Crippen LogP contribution in [0.4, 0.5) is 0 Å². The number of rotatable bonds is 4. The first-order valence-electron chi connectivity index (χ1n) is 6.02. The highest BCUT2D eigenvalue weighted by molar-refractivity contribution is 6.00. The number of allylic oxidation sites excluding steroid dienone is 1. The van der Waals surface area contributed by atoms with E-state index in [0.29, 0.717) is 0 Å². The van der Waals surface area contributed by atoms with E-state index in [9.17, 15) is 4.79 Å². The van der Waals surface area contributed by atoms with Crippen molar-refractivity contribution in [1.82, 2.24) is 4.90 Å². The van der Waals surface area contributed by atoms with Crippen molar-refractivity contribution in [3.63, 3.8) is 0 Å². The van der Waals surface area contributed by atoms with Crippen molar-refractivity contribution < 1.29 is 4.79 Å². The quantitative estimate of drug-likeness (QED) is 0.713. The van der Waals surface area contributed by atoms with E-state index in [1.165, 1.54) is 0 Å². The Kier molecular flexibility index (Phi) is 7.27. The first-order valence-corrected chi connectivity index (χ1v) is 6.02. The average molecular weight is 221 g/mol. The largest absolute Gasteiger partial charge is 0.334 e. The number of hydrogen-bond acceptors (Lipinski definition) is 1. The van der Waals surface area contributed by atoms with Crippen LogP contribution in [0.15, 0.2) is 36.0 Å². The van der Waals surface area contributed by atoms with Crippen LogP contribution in [0.25, 0.3) is 0 Å². The van der Waals surface area contributed by atoms with Crippen molar-refractivity contribution in [2.45, 2.75) is 34.1 Å². The summed E-state index contributed by atoms with van der Waals surface area (Å²) in [5.41, 5.74) is 1.84. The molecule has 2 heteroatoms. The maximum absolute atomic E-state index is 11.8. The Bertz CT molecular complexity index is 300. The van der Waals surface area contributed by atoms with Crippen LogP contribution in [0, 0.1) is 0 Å². The first kappa shape index (κ1) is 14.7. The molecule has 0 fully saturated rings. The summed E-state index contributed by atoms with van der Waals surface area (Å²) in [6.07, 6.45) is 6.55. The molecule has 0 bridgehead atoms. The van der Waals surface area contributed by atoms with Gasteiger partial charge in [0.05, 0.1) is 0 Å². The van der Waals surface area contributed by atoms with Gasteiger partial charge in [-0.3, -0.25) is 4.79 Å². The number of amides is 1. The molecule has 0 N–H and O–H groups in total. The summed E-state index contributed by atoms with van der Waals surface area (Å²) in [6.45, 7) is 13.3. The predicted molar refractivity (Wildman–Crippen MR) is 70.3 cm³/mol. The zero-order chi connectivity index (χ0) is 12.6. The van der Waals surface area contributed by atoms with Gasteiger partial charge in [0, 0.05) is 18.7 Å². The van der Waals surface area contributed by atoms with Crippen molar-refractivity contribution in [2.24, 2.45) is 0 Å². The Morgan fingerprint density at radius 3 is 2.50 bits per heavy atom. The van der Waals surface area contributed by atoms with E-state index in [2.05, 4.69) is 13.5 Å². The van der Waals surface area contributed by atoms with Gasteiger partial charge in [0.15, 0.2) is 0 Å². The highest BCUT2D eigenvalue weighted by Crippen LogP contribution is 2.21. The van der Waals surface area contributed by atoms with E-state index in [1.807, 2.05) is 37.8 Å². The molecule has 0 spiro atoms. The van der Waals surface area contributed by atoms with E-state index in [4.69, 9.17) is 0 Å². The average Bonchev–Trinajstić information content (AvgIpc) is 2.61. The van der Waals surface area contributed by atoms with Crippen LogP contribution in [0.1, 0.15) is 34.1 Å². The van der Waals surface area contributed by atoms with E-state index < -0.39 is 0 Å². The molecular weight excluding hydrogens is 198 g/mol. The normalized spacial score (nSPS) is 15.5. The summed E-state index contributed by atoms with van der Waals surface area (Å²) in [6, 6.07) is 0. The van der Waals surface area contributed by atoms with E-state index >= 15 is 0 Å². The minimum atomic E-state index is 0.139. The van der Waals surface area contributed by atoms with Crippen molar-refractivity contribution >= 4 is 5.91 Å². The van der Waals surface area contributed by atoms with E-state index in [1.54, 1.807) is 6.08 Å². The molecule has 1 heterocycles. The molecule has 1 amide bonds. The van der Waals surface area contributed by atoms with Crippen molar-refractivity contribution in [1.29, 1.82) is 0 Å². The van der Waals surface area contributed by atoms with Crippen LogP contribution >= 0.6 is 0 Å². The number of nitrogens with zero attached hydrogens (tertiary/aromatic N) is 1. The lowest BCUT2D eigenvalue weighted by atomic mass is 10.1. The smallest absolute Gasteiger partial charge is 0.254 e. The van der Waals surface area contributed by atoms with Gasteiger partial charge >= 0.3 is 0 Å². The molecule has 16 heavy (non-hydrogen) atoms. The van der Waals surface area contributed by atoms with Crippen LogP contribution in [0.2, 0.25) is 0 Å². The van der Waals surface area contributed by atoms with Gasteiger partial charge in [-0.25, -0.2) is 0 Å². The minimum Gasteiger partial charge on any atom is -0.334 e. The van der Waals surface area contributed by atoms with Crippen LogP contribution in [-0.2, 0) is 4.79 Å². The molecule has 0 unspecified atom stereocenters. The van der Waals surface area contributed by atoms with Gasteiger partial charge in [-0.1, -0.05) is 45.6 Å². The Morgan fingerprint density at radius 1 is 1.44 bits per heavy atom. The molecule has 0 aromatic rings. The summed E-state index contributed by atoms with van der Waals surface area (Å²) < 4.78 is 0. The lowest BCUT2D eigenvalue weighted by Crippen LogP contribution is -2.27. The molecule has 0 atom stereocenters. The summed E-state index contributed by atoms with van der Waals surface area (Å²) in [5.74, 6) is 0.139. The number of hydrogen-bond donors (Lipinski definition) is 0. The second kappa shape index (κ2) is 7.91. The molecule has 1 aliphatic heterocycles. The molecule has 0 saturated carbocycles. The van der Waals surface area contributed by atoms with Crippen molar-refractivity contribution in [3.05, 3.63) is 36.0 Å². The molecule has 1 aliphatic rings. The second-order valence-corrected chi connectivity index (χ2v) is 3.37. The maximum atomic E-state index is 11.8. The van der Waals surface area contributed by atoms with Crippen LogP contribution in [0.3, 0.4) is 0 Å². The topological polar surface area (TPSA) is 20.3 Å². The molecular formula is C14H23NO. The van der Waals surface area contributed by atoms with Gasteiger partial charge in [0.2, 0.25) is 0 Å². The Labute approximate surface area is 99.3 Å². The molecule has 0 saturated heterocycles. The molecule has 1 rings (SSSR count). The van der Waals surface area contributed by atoms with Crippen LogP contribution < -0.4 is 0 Å². The van der Waals surface area contributed by atoms with E-state index in [0.717, 1.165) is 30.7 Å². The molecule has 0 aliphatic carbocycles. The maximum Gasteiger partial charge on any atom is 0.254 e. The highest BCUT2D eigenvalue weighted by Gasteiger charge is 2.25. The monoisotopic (exact) mass is 221 g/mol. The van der Waals surface area contributed by atoms with Crippen molar-refractivity contribution in [3.8, 4) is 0 Å². The number of carbonyl (C=O) groups is 1. The SMILES string of the molecule is C=CC1=C(/C=C\C)C(=O)N(CCC)C1.CC. The summed E-state index contributed by atoms with van der Waals surface area (Å²) in [4.78, 5) is 13.7. The Balaban J connectivity index is 0.00000106. The van der Waals surface area contributed by atoms with E-state index in [-0.39, 0.29) is 5.91 Å². The fourth-order valence-electron chi connectivity index (χ4n) is 1.64. The lowest BCUT2D eigenvalue weighted by molar-refractivity contribution is -0.125. The molecule has 0 aromatic carbocycles. The second-order valence-electron chi connectivity index (χ2n) is 3.37. The fraction of sp³-hybridized carbons (Fsp3) is 0.500. The minimum absolute atomic E-state index is 0.139. The third-order valence-corrected chi connectivity index (χ3v) is 2.30. The van der Waals surface area contributed by atoms with Crippen molar-refractivity contribution in [2.75, 3.05) is 13.1 Å². The molecule has 0 aromatic heterocycles. The molecule has 0 radical (unpaired) electrons. The summed E-state index contributed by atoms with van der Waals surface area (Å²) in [5, 5.41) is 0. The van der Waals surface area contributed by atoms with Gasteiger partial charge in [-0.2, -0.15) is 0 Å². The van der Waals surface area contributed by atoms with Gasteiger partial charge in [0.25, 0.3) is 5.91 Å². The first-order chi connectivity index (χ1) is 7.74. The fourth-order valence-corrected chi connectivity index (χ4v) is 1.64. The predicted octanol–water partition coefficient (Wildman–Crippen LogP) is 3.32. The Hall–Kier alpha value is -1.31. The molecule has 2 nitrogen and oxygen atoms in total. The van der Waals surface area contributed by atoms with Crippen LogP contribution in [-0.4, -0.2) is 23.9 Å². The van der Waals surface area contributed by atoms with Gasteiger partial charge < -0.3 is 4.90 Å². The zero-order valence-corrected chi connectivity index (χ0v) is 10.9. The highest BCUT2D eigenvalue weighted by atomic mass is 16.2. The van der Waals surface area contributed by atoms with Gasteiger partial charge in [0.1, 0.15) is 0 Å².